The molecular formula is C14H9F6N5O2. The number of hydrogen-bond donors (Lipinski definition) is 2. The molecule has 0 atom stereocenters. The van der Waals surface area contributed by atoms with E-state index in [1.165, 1.54) is 0 Å². The topological polar surface area (TPSA) is 88.9 Å². The molecule has 0 aliphatic carbocycles. The van der Waals surface area contributed by atoms with E-state index in [4.69, 9.17) is 0 Å². The number of aromatic nitrogens is 3. The Balaban J connectivity index is 2.36. The fourth-order valence-corrected chi connectivity index (χ4v) is 1.85. The minimum atomic E-state index is -5.00. The van der Waals surface area contributed by atoms with Crippen LogP contribution in [-0.2, 0) is 21.9 Å². The average Bonchev–Trinajstić information content (AvgIpc) is 3.05. The van der Waals surface area contributed by atoms with Gasteiger partial charge < -0.3 is 0 Å². The van der Waals surface area contributed by atoms with E-state index in [2.05, 4.69) is 10.1 Å². The lowest BCUT2D eigenvalue weighted by molar-refractivity contribution is -0.143. The molecule has 7 nitrogen and oxygen atoms in total. The van der Waals surface area contributed by atoms with Crippen LogP contribution in [0, 0.1) is 0 Å². The van der Waals surface area contributed by atoms with E-state index < -0.39 is 40.8 Å². The molecule has 0 unspecified atom stereocenters. The van der Waals surface area contributed by atoms with Gasteiger partial charge in [0.1, 0.15) is 6.33 Å². The van der Waals surface area contributed by atoms with Crippen molar-refractivity contribution in [3.05, 3.63) is 41.7 Å². The predicted molar refractivity (Wildman–Crippen MR) is 78.1 cm³/mol. The minimum absolute atomic E-state index is 0.00916. The number of hydrogen-bond acceptors (Lipinski definition) is 4. The lowest BCUT2D eigenvalue weighted by atomic mass is 10.0. The van der Waals surface area contributed by atoms with E-state index in [9.17, 15) is 35.9 Å². The van der Waals surface area contributed by atoms with Gasteiger partial charge in [-0.2, -0.15) is 26.3 Å². The largest absolute Gasteiger partial charge is 0.416 e. The van der Waals surface area contributed by atoms with E-state index in [0.29, 0.717) is 12.1 Å². The summed E-state index contributed by atoms with van der Waals surface area (Å²) in [6.45, 7) is 0. The van der Waals surface area contributed by atoms with Gasteiger partial charge in [-0.1, -0.05) is 0 Å². The van der Waals surface area contributed by atoms with Crippen LogP contribution < -0.4 is 10.9 Å². The van der Waals surface area contributed by atoms with Gasteiger partial charge in [0.2, 0.25) is 6.41 Å². The van der Waals surface area contributed by atoms with Crippen LogP contribution in [0.5, 0.6) is 0 Å². The van der Waals surface area contributed by atoms with Crippen molar-refractivity contribution >= 4 is 18.5 Å². The third kappa shape index (κ3) is 5.29. The van der Waals surface area contributed by atoms with Gasteiger partial charge in [-0.15, -0.1) is 5.10 Å². The summed E-state index contributed by atoms with van der Waals surface area (Å²) in [6.07, 6.45) is -6.91. The van der Waals surface area contributed by atoms with Crippen LogP contribution in [0.1, 0.15) is 11.1 Å². The number of rotatable bonds is 5. The smallest absolute Gasteiger partial charge is 0.277 e. The highest BCUT2D eigenvalue weighted by Gasteiger charge is 2.37. The second-order valence-corrected chi connectivity index (χ2v) is 4.91. The number of nitrogens with zero attached hydrogens (tertiary/aromatic N) is 3. The number of alkyl halides is 6. The Morgan fingerprint density at radius 1 is 1.04 bits per heavy atom. The molecule has 0 radical (unpaired) electrons. The van der Waals surface area contributed by atoms with Crippen LogP contribution in [0.15, 0.2) is 30.6 Å². The Labute approximate surface area is 146 Å². The third-order valence-electron chi connectivity index (χ3n) is 2.99. The van der Waals surface area contributed by atoms with Crippen LogP contribution in [0.3, 0.4) is 0 Å². The van der Waals surface area contributed by atoms with Crippen molar-refractivity contribution in [3.63, 3.8) is 0 Å². The Hall–Kier alpha value is -3.38. The molecule has 0 bridgehead atoms. The van der Waals surface area contributed by atoms with Gasteiger partial charge in [0.25, 0.3) is 5.91 Å². The minimum Gasteiger partial charge on any atom is -0.277 e. The van der Waals surface area contributed by atoms with Gasteiger partial charge in [0.15, 0.2) is 5.82 Å². The Morgan fingerprint density at radius 2 is 1.63 bits per heavy atom. The third-order valence-corrected chi connectivity index (χ3v) is 2.99. The first kappa shape index (κ1) is 19.9. The number of carbonyl (C=O) groups is 2. The summed E-state index contributed by atoms with van der Waals surface area (Å²) >= 11 is 0. The molecule has 0 spiro atoms. The number of nitrogens with one attached hydrogen (secondary N) is 2. The Bertz CT molecular complexity index is 839. The standard InChI is InChI=1S/C14H9F6N5O2/c15-13(16,17)9-3-8(4-10(5-9)14(18,19)20)12-21-6-25(24-12)2-1-11(27)23-22-7-26/h1-7H,(H,22,26)(H,23,27)/b2-1-. The fourth-order valence-electron chi connectivity index (χ4n) is 1.85. The SMILES string of the molecule is O=CNNC(=O)/C=C\n1cnc(-c2cc(C(F)(F)F)cc(C(F)(F)F)c2)n1. The first-order valence-corrected chi connectivity index (χ1v) is 6.89. The lowest BCUT2D eigenvalue weighted by Crippen LogP contribution is -2.34. The first-order chi connectivity index (χ1) is 12.5. The van der Waals surface area contributed by atoms with Crippen molar-refractivity contribution in [1.82, 2.24) is 25.6 Å². The zero-order valence-electron chi connectivity index (χ0n) is 13.0. The van der Waals surface area contributed by atoms with Gasteiger partial charge >= 0.3 is 12.4 Å². The highest BCUT2D eigenvalue weighted by molar-refractivity contribution is 5.90. The number of benzene rings is 1. The number of carbonyl (C=O) groups excluding carboxylic acids is 2. The highest BCUT2D eigenvalue weighted by Crippen LogP contribution is 2.37. The molecule has 0 saturated heterocycles. The molecule has 27 heavy (non-hydrogen) atoms. The molecule has 1 aromatic heterocycles. The molecule has 0 aliphatic heterocycles. The Kier molecular flexibility index (Phi) is 5.52. The zero-order chi connectivity index (χ0) is 20.2. The summed E-state index contributed by atoms with van der Waals surface area (Å²) < 4.78 is 78.1. The molecule has 0 saturated carbocycles. The van der Waals surface area contributed by atoms with Crippen molar-refractivity contribution < 1.29 is 35.9 Å². The quantitative estimate of drug-likeness (QED) is 0.353. The lowest BCUT2D eigenvalue weighted by Gasteiger charge is -2.13. The molecule has 2 amide bonds. The molecule has 144 valence electrons. The van der Waals surface area contributed by atoms with Crippen LogP contribution in [0.25, 0.3) is 17.6 Å². The maximum atomic E-state index is 12.9. The van der Waals surface area contributed by atoms with Crippen molar-refractivity contribution in [2.45, 2.75) is 12.4 Å². The van der Waals surface area contributed by atoms with Crippen LogP contribution >= 0.6 is 0 Å². The molecule has 0 aliphatic rings. The van der Waals surface area contributed by atoms with Crippen molar-refractivity contribution in [2.75, 3.05) is 0 Å². The number of hydrazine groups is 1. The molecule has 1 aromatic carbocycles. The van der Waals surface area contributed by atoms with E-state index in [1.807, 2.05) is 10.9 Å². The normalized spacial score (nSPS) is 12.2. The predicted octanol–water partition coefficient (Wildman–Crippen LogP) is 2.23. The highest BCUT2D eigenvalue weighted by atomic mass is 19.4. The van der Waals surface area contributed by atoms with Gasteiger partial charge in [-0.05, 0) is 18.2 Å². The zero-order valence-corrected chi connectivity index (χ0v) is 13.0. The molecule has 2 rings (SSSR count). The van der Waals surface area contributed by atoms with Crippen LogP contribution in [-0.4, -0.2) is 27.1 Å². The summed E-state index contributed by atoms with van der Waals surface area (Å²) in [5.74, 6) is -1.18. The fraction of sp³-hybridized carbons (Fsp3) is 0.143. The monoisotopic (exact) mass is 393 g/mol. The van der Waals surface area contributed by atoms with Gasteiger partial charge in [0, 0.05) is 17.8 Å². The van der Waals surface area contributed by atoms with E-state index in [-0.39, 0.29) is 12.5 Å². The van der Waals surface area contributed by atoms with Crippen molar-refractivity contribution in [3.8, 4) is 11.4 Å². The molecule has 0 fully saturated rings. The van der Waals surface area contributed by atoms with E-state index in [0.717, 1.165) is 23.3 Å². The molecule has 1 heterocycles. The summed E-state index contributed by atoms with van der Waals surface area (Å²) in [7, 11) is 0. The Morgan fingerprint density at radius 3 is 2.15 bits per heavy atom. The van der Waals surface area contributed by atoms with E-state index in [1.54, 1.807) is 0 Å². The molecule has 2 aromatic rings. The summed E-state index contributed by atoms with van der Waals surface area (Å²) in [4.78, 5) is 24.9. The second kappa shape index (κ2) is 7.47. The van der Waals surface area contributed by atoms with E-state index >= 15 is 0 Å². The molecular weight excluding hydrogens is 384 g/mol. The van der Waals surface area contributed by atoms with Crippen LogP contribution in [0.4, 0.5) is 26.3 Å². The van der Waals surface area contributed by atoms with Gasteiger partial charge in [-0.3, -0.25) is 20.4 Å². The summed E-state index contributed by atoms with van der Waals surface area (Å²) in [5, 5.41) is 3.69. The van der Waals surface area contributed by atoms with Crippen molar-refractivity contribution in [1.29, 1.82) is 0 Å². The first-order valence-electron chi connectivity index (χ1n) is 6.89. The summed E-state index contributed by atoms with van der Waals surface area (Å²) in [5.41, 5.74) is 0.294. The van der Waals surface area contributed by atoms with Gasteiger partial charge in [-0.25, -0.2) is 9.67 Å². The van der Waals surface area contributed by atoms with Crippen molar-refractivity contribution in [2.24, 2.45) is 0 Å². The maximum absolute atomic E-state index is 12.9. The van der Waals surface area contributed by atoms with Gasteiger partial charge in [0.05, 0.1) is 11.1 Å². The summed E-state index contributed by atoms with van der Waals surface area (Å²) in [6, 6.07) is 0.962. The molecule has 13 heteroatoms. The molecule has 2 N–H and O–H groups in total. The second-order valence-electron chi connectivity index (χ2n) is 4.91. The van der Waals surface area contributed by atoms with Crippen LogP contribution in [0.2, 0.25) is 0 Å². The number of halogens is 6. The maximum Gasteiger partial charge on any atom is 0.416 e. The average molecular weight is 393 g/mol. The number of amides is 2.